The van der Waals surface area contributed by atoms with Gasteiger partial charge in [0.05, 0.1) is 19.2 Å². The first kappa shape index (κ1) is 24.8. The number of fused-ring (bicyclic) bond motifs is 1. The van der Waals surface area contributed by atoms with E-state index in [9.17, 15) is 9.59 Å². The Morgan fingerprint density at radius 3 is 2.67 bits per heavy atom. The van der Waals surface area contributed by atoms with Crippen molar-refractivity contribution in [3.8, 4) is 17.2 Å². The molecule has 1 unspecified atom stereocenters. The molecule has 0 bridgehead atoms. The summed E-state index contributed by atoms with van der Waals surface area (Å²) in [4.78, 5) is 25.6. The molecule has 0 spiro atoms. The van der Waals surface area contributed by atoms with Gasteiger partial charge in [-0.3, -0.25) is 9.59 Å². The topological polar surface area (TPSA) is 85.9 Å². The zero-order valence-electron chi connectivity index (χ0n) is 19.6. The van der Waals surface area contributed by atoms with Crippen LogP contribution in [-0.2, 0) is 11.2 Å². The van der Waals surface area contributed by atoms with E-state index in [1.54, 1.807) is 36.0 Å². The predicted molar refractivity (Wildman–Crippen MR) is 131 cm³/mol. The normalized spacial score (nSPS) is 14.5. The summed E-state index contributed by atoms with van der Waals surface area (Å²) in [6.45, 7) is 4.70. The molecule has 0 saturated heterocycles. The summed E-state index contributed by atoms with van der Waals surface area (Å²) in [5.74, 6) is 2.07. The number of para-hydroxylation sites is 2. The first-order chi connectivity index (χ1) is 15.8. The fourth-order valence-corrected chi connectivity index (χ4v) is 4.20. The molecule has 2 N–H and O–H groups in total. The summed E-state index contributed by atoms with van der Waals surface area (Å²) in [5, 5.41) is 5.71. The Kier molecular flexibility index (Phi) is 8.49. The van der Waals surface area contributed by atoms with Gasteiger partial charge in [-0.15, -0.1) is 0 Å². The Bertz CT molecular complexity index is 979. The van der Waals surface area contributed by atoms with Gasteiger partial charge in [-0.2, -0.15) is 11.8 Å². The molecular weight excluding hydrogens is 440 g/mol. The highest BCUT2D eigenvalue weighted by Gasteiger charge is 2.32. The van der Waals surface area contributed by atoms with Crippen molar-refractivity contribution in [3.05, 3.63) is 53.6 Å². The second kappa shape index (κ2) is 11.3. The summed E-state index contributed by atoms with van der Waals surface area (Å²) in [6, 6.07) is 12.2. The number of hydrogen-bond donors (Lipinski definition) is 2. The Balaban J connectivity index is 1.55. The van der Waals surface area contributed by atoms with E-state index < -0.39 is 6.04 Å². The van der Waals surface area contributed by atoms with Gasteiger partial charge in [0.1, 0.15) is 24.0 Å². The van der Waals surface area contributed by atoms with Gasteiger partial charge in [0.2, 0.25) is 5.91 Å². The van der Waals surface area contributed by atoms with E-state index in [0.29, 0.717) is 36.6 Å². The monoisotopic (exact) mass is 472 g/mol. The van der Waals surface area contributed by atoms with Gasteiger partial charge < -0.3 is 24.8 Å². The summed E-state index contributed by atoms with van der Waals surface area (Å²) in [6.07, 6.45) is 3.32. The lowest BCUT2D eigenvalue weighted by Gasteiger charge is -2.20. The predicted octanol–water partition coefficient (Wildman–Crippen LogP) is 3.46. The standard InChI is InChI=1S/C25H32N2O5S/c1-25(2)16-17-8-7-11-21(22(17)32-25)31-14-13-26-24(29)19(12-15-33-4)27-23(28)18-9-5-6-10-20(18)30-3/h5-11,19H,12-16H2,1-4H3,(H,26,29)(H,27,28). The number of carbonyl (C=O) groups is 2. The molecule has 3 rings (SSSR count). The number of nitrogens with one attached hydrogen (secondary N) is 2. The highest BCUT2D eigenvalue weighted by Crippen LogP contribution is 2.41. The van der Waals surface area contributed by atoms with Crippen LogP contribution in [0.4, 0.5) is 0 Å². The maximum absolute atomic E-state index is 12.8. The van der Waals surface area contributed by atoms with Crippen molar-refractivity contribution in [2.75, 3.05) is 32.3 Å². The Labute approximate surface area is 199 Å². The largest absolute Gasteiger partial charge is 0.496 e. The van der Waals surface area contributed by atoms with Gasteiger partial charge in [-0.05, 0) is 50.5 Å². The highest BCUT2D eigenvalue weighted by molar-refractivity contribution is 7.98. The lowest BCUT2D eigenvalue weighted by Crippen LogP contribution is -2.48. The molecular formula is C25H32N2O5S. The minimum atomic E-state index is -0.653. The molecule has 1 atom stereocenters. The van der Waals surface area contributed by atoms with Crippen LogP contribution in [0.5, 0.6) is 17.2 Å². The third-order valence-corrected chi connectivity index (χ3v) is 5.94. The van der Waals surface area contributed by atoms with Crippen molar-refractivity contribution < 1.29 is 23.8 Å². The number of rotatable bonds is 11. The lowest BCUT2D eigenvalue weighted by molar-refractivity contribution is -0.123. The van der Waals surface area contributed by atoms with E-state index in [1.807, 2.05) is 38.3 Å². The van der Waals surface area contributed by atoms with Crippen molar-refractivity contribution in [2.24, 2.45) is 0 Å². The van der Waals surface area contributed by atoms with Gasteiger partial charge in [0.15, 0.2) is 11.5 Å². The molecule has 0 radical (unpaired) electrons. The van der Waals surface area contributed by atoms with Gasteiger partial charge >= 0.3 is 0 Å². The molecule has 2 aromatic carbocycles. The van der Waals surface area contributed by atoms with E-state index in [0.717, 1.165) is 23.5 Å². The Morgan fingerprint density at radius 2 is 1.91 bits per heavy atom. The highest BCUT2D eigenvalue weighted by atomic mass is 32.2. The molecule has 0 fully saturated rings. The van der Waals surface area contributed by atoms with Gasteiger partial charge in [0, 0.05) is 12.0 Å². The number of methoxy groups -OCH3 is 1. The smallest absolute Gasteiger partial charge is 0.255 e. The quantitative estimate of drug-likeness (QED) is 0.487. The van der Waals surface area contributed by atoms with Crippen molar-refractivity contribution in [3.63, 3.8) is 0 Å². The summed E-state index contributed by atoms with van der Waals surface area (Å²) >= 11 is 1.62. The number of benzene rings is 2. The SMILES string of the molecule is COc1ccccc1C(=O)NC(CCSC)C(=O)NCCOc1cccc2c1OC(C)(C)C2. The molecule has 7 nitrogen and oxygen atoms in total. The van der Waals surface area contributed by atoms with Crippen molar-refractivity contribution in [1.82, 2.24) is 10.6 Å². The number of amides is 2. The van der Waals surface area contributed by atoms with Gasteiger partial charge in [-0.1, -0.05) is 24.3 Å². The maximum atomic E-state index is 12.8. The molecule has 1 aliphatic heterocycles. The fraction of sp³-hybridized carbons (Fsp3) is 0.440. The van der Waals surface area contributed by atoms with Gasteiger partial charge in [-0.25, -0.2) is 0 Å². The Hall–Kier alpha value is -2.87. The second-order valence-corrected chi connectivity index (χ2v) is 9.42. The zero-order chi connectivity index (χ0) is 23.8. The van der Waals surface area contributed by atoms with Crippen LogP contribution < -0.4 is 24.8 Å². The van der Waals surface area contributed by atoms with Crippen LogP contribution in [0.25, 0.3) is 0 Å². The molecule has 2 amide bonds. The average Bonchev–Trinajstić information content (AvgIpc) is 3.13. The second-order valence-electron chi connectivity index (χ2n) is 8.43. The number of thioether (sulfide) groups is 1. The van der Waals surface area contributed by atoms with E-state index in [2.05, 4.69) is 10.6 Å². The number of hydrogen-bond acceptors (Lipinski definition) is 6. The Morgan fingerprint density at radius 1 is 1.15 bits per heavy atom. The minimum absolute atomic E-state index is 0.244. The first-order valence-electron chi connectivity index (χ1n) is 11.0. The van der Waals surface area contributed by atoms with E-state index in [1.165, 1.54) is 7.11 Å². The lowest BCUT2D eigenvalue weighted by atomic mass is 10.0. The van der Waals surface area contributed by atoms with E-state index in [4.69, 9.17) is 14.2 Å². The van der Waals surface area contributed by atoms with E-state index >= 15 is 0 Å². The molecule has 0 aromatic heterocycles. The number of carbonyl (C=O) groups excluding carboxylic acids is 2. The summed E-state index contributed by atoms with van der Waals surface area (Å²) in [5.41, 5.74) is 1.27. The molecule has 0 aliphatic carbocycles. The van der Waals surface area contributed by atoms with Crippen LogP contribution in [0.1, 0.15) is 36.2 Å². The van der Waals surface area contributed by atoms with Crippen LogP contribution in [-0.4, -0.2) is 55.7 Å². The molecule has 33 heavy (non-hydrogen) atoms. The molecule has 178 valence electrons. The third-order valence-electron chi connectivity index (χ3n) is 5.30. The molecule has 2 aromatic rings. The minimum Gasteiger partial charge on any atom is -0.496 e. The van der Waals surface area contributed by atoms with Crippen LogP contribution in [0.15, 0.2) is 42.5 Å². The zero-order valence-corrected chi connectivity index (χ0v) is 20.4. The summed E-state index contributed by atoms with van der Waals surface area (Å²) < 4.78 is 17.2. The van der Waals surface area contributed by atoms with Crippen LogP contribution in [0.3, 0.4) is 0 Å². The van der Waals surface area contributed by atoms with Crippen LogP contribution >= 0.6 is 11.8 Å². The molecule has 8 heteroatoms. The van der Waals surface area contributed by atoms with Crippen LogP contribution in [0.2, 0.25) is 0 Å². The third kappa shape index (κ3) is 6.57. The van der Waals surface area contributed by atoms with Crippen LogP contribution in [0, 0.1) is 0 Å². The van der Waals surface area contributed by atoms with Crippen molar-refractivity contribution in [1.29, 1.82) is 0 Å². The summed E-state index contributed by atoms with van der Waals surface area (Å²) in [7, 11) is 1.51. The van der Waals surface area contributed by atoms with Gasteiger partial charge in [0.25, 0.3) is 5.91 Å². The fourth-order valence-electron chi connectivity index (χ4n) is 3.73. The van der Waals surface area contributed by atoms with Crippen molar-refractivity contribution in [2.45, 2.75) is 38.3 Å². The molecule has 0 saturated carbocycles. The molecule has 1 heterocycles. The maximum Gasteiger partial charge on any atom is 0.255 e. The number of ether oxygens (including phenoxy) is 3. The van der Waals surface area contributed by atoms with E-state index in [-0.39, 0.29) is 17.4 Å². The van der Waals surface area contributed by atoms with Crippen molar-refractivity contribution >= 4 is 23.6 Å². The average molecular weight is 473 g/mol. The molecule has 1 aliphatic rings. The first-order valence-corrected chi connectivity index (χ1v) is 12.4.